The molecule has 7 N–H and O–H groups in total. The molecule has 1 aliphatic carbocycles. The molecule has 0 aromatic rings. The summed E-state index contributed by atoms with van der Waals surface area (Å²) in [5, 5.41) is 32.0. The van der Waals surface area contributed by atoms with E-state index in [0.29, 0.717) is 52.2 Å². The minimum Gasteiger partial charge on any atom is -0.481 e. The van der Waals surface area contributed by atoms with E-state index in [2.05, 4.69) is 26.6 Å². The van der Waals surface area contributed by atoms with Crippen molar-refractivity contribution in [1.29, 1.82) is 0 Å². The van der Waals surface area contributed by atoms with Crippen molar-refractivity contribution in [3.05, 3.63) is 0 Å². The number of ether oxygens (including phenoxy) is 2. The number of likely N-dealkylation sites (N-methyl/N-ethyl adjacent to an activating group) is 1. The molecule has 44 heavy (non-hydrogen) atoms. The Kier molecular flexibility index (Phi) is 20.4. The molecule has 0 aromatic carbocycles. The van der Waals surface area contributed by atoms with Crippen LogP contribution in [0.2, 0.25) is 0 Å². The molecule has 0 heterocycles. The van der Waals surface area contributed by atoms with Gasteiger partial charge in [-0.15, -0.1) is 0 Å². The van der Waals surface area contributed by atoms with Gasteiger partial charge >= 0.3 is 11.9 Å². The Hall–Kier alpha value is -3.30. The molecule has 0 aliphatic heterocycles. The molecule has 2 atom stereocenters. The molecular weight excluding hydrogens is 578 g/mol. The number of hydrogen-bond donors (Lipinski definition) is 7. The van der Waals surface area contributed by atoms with Crippen LogP contribution in [0.3, 0.4) is 0 Å². The quantitative estimate of drug-likeness (QED) is 0.0692. The fraction of sp³-hybridized carbons (Fsp3) is 0.793. The fourth-order valence-corrected chi connectivity index (χ4v) is 4.71. The average Bonchev–Trinajstić information content (AvgIpc) is 2.99. The number of rotatable bonds is 24. The second-order valence-electron chi connectivity index (χ2n) is 10.9. The third kappa shape index (κ3) is 17.7. The minimum absolute atomic E-state index is 0.0975. The van der Waals surface area contributed by atoms with Gasteiger partial charge in [-0.1, -0.05) is 6.92 Å². The second kappa shape index (κ2) is 23.1. The monoisotopic (exact) mass is 629 g/mol. The SMILES string of the molecule is CCCOCCOCCCNC(=O)C(CCC(=O)O)NC(=O)CCC(NC(=O)C1CCC(CNC(=O)CNC)CC1)C(=O)O. The molecule has 1 aliphatic rings. The van der Waals surface area contributed by atoms with Gasteiger partial charge in [0, 0.05) is 45.1 Å². The van der Waals surface area contributed by atoms with Crippen molar-refractivity contribution >= 4 is 35.6 Å². The first-order valence-corrected chi connectivity index (χ1v) is 15.5. The van der Waals surface area contributed by atoms with E-state index in [0.717, 1.165) is 19.3 Å². The van der Waals surface area contributed by atoms with E-state index >= 15 is 0 Å². The Morgan fingerprint density at radius 1 is 0.795 bits per heavy atom. The van der Waals surface area contributed by atoms with Crippen molar-refractivity contribution in [2.24, 2.45) is 11.8 Å². The van der Waals surface area contributed by atoms with Gasteiger partial charge < -0.3 is 46.3 Å². The summed E-state index contributed by atoms with van der Waals surface area (Å²) in [4.78, 5) is 72.6. The predicted octanol–water partition coefficient (Wildman–Crippen LogP) is -0.223. The van der Waals surface area contributed by atoms with Gasteiger partial charge in [-0.3, -0.25) is 24.0 Å². The number of amides is 4. The largest absolute Gasteiger partial charge is 0.481 e. The van der Waals surface area contributed by atoms with Crippen LogP contribution in [0, 0.1) is 11.8 Å². The number of carbonyl (C=O) groups is 6. The number of carbonyl (C=O) groups excluding carboxylic acids is 4. The number of nitrogens with one attached hydrogen (secondary N) is 5. The lowest BCUT2D eigenvalue weighted by Gasteiger charge is -2.28. The fourth-order valence-electron chi connectivity index (χ4n) is 4.71. The maximum absolute atomic E-state index is 12.8. The predicted molar refractivity (Wildman–Crippen MR) is 160 cm³/mol. The van der Waals surface area contributed by atoms with Gasteiger partial charge in [0.15, 0.2) is 0 Å². The Morgan fingerprint density at radius 3 is 2.07 bits per heavy atom. The summed E-state index contributed by atoms with van der Waals surface area (Å²) in [6, 6.07) is -2.41. The Balaban J connectivity index is 2.48. The second-order valence-corrected chi connectivity index (χ2v) is 10.9. The van der Waals surface area contributed by atoms with E-state index < -0.39 is 41.7 Å². The van der Waals surface area contributed by atoms with Gasteiger partial charge in [0.25, 0.3) is 0 Å². The maximum atomic E-state index is 12.8. The van der Waals surface area contributed by atoms with Gasteiger partial charge in [-0.25, -0.2) is 4.79 Å². The van der Waals surface area contributed by atoms with E-state index in [4.69, 9.17) is 14.6 Å². The van der Waals surface area contributed by atoms with Crippen molar-refractivity contribution in [2.45, 2.75) is 83.2 Å². The lowest BCUT2D eigenvalue weighted by Crippen LogP contribution is -2.48. The standard InChI is InChI=1S/C29H51N5O10/c1-3-14-43-16-17-44-15-4-13-31-28(40)22(10-12-26(37)38)33-24(35)11-9-23(29(41)42)34-27(39)21-7-5-20(6-8-21)18-32-25(36)19-30-2/h20-23,30H,3-19H2,1-2H3,(H,31,40)(H,32,36)(H,33,35)(H,34,39)(H,37,38)(H,41,42). The summed E-state index contributed by atoms with van der Waals surface area (Å²) < 4.78 is 10.7. The highest BCUT2D eigenvalue weighted by Crippen LogP contribution is 2.28. The summed E-state index contributed by atoms with van der Waals surface area (Å²) in [7, 11) is 1.69. The zero-order chi connectivity index (χ0) is 32.7. The van der Waals surface area contributed by atoms with Crippen molar-refractivity contribution < 1.29 is 48.5 Å². The van der Waals surface area contributed by atoms with E-state index in [1.54, 1.807) is 7.05 Å². The van der Waals surface area contributed by atoms with Crippen LogP contribution in [0.25, 0.3) is 0 Å². The molecule has 1 rings (SSSR count). The zero-order valence-electron chi connectivity index (χ0n) is 26.0. The first kappa shape index (κ1) is 38.7. The topological polar surface area (TPSA) is 221 Å². The van der Waals surface area contributed by atoms with Crippen molar-refractivity contribution in [3.8, 4) is 0 Å². The molecule has 0 aromatic heterocycles. The van der Waals surface area contributed by atoms with E-state index in [-0.39, 0.29) is 56.5 Å². The summed E-state index contributed by atoms with van der Waals surface area (Å²) in [6.07, 6.45) is 3.01. The van der Waals surface area contributed by atoms with Gasteiger partial charge in [0.1, 0.15) is 12.1 Å². The van der Waals surface area contributed by atoms with Gasteiger partial charge in [-0.2, -0.15) is 0 Å². The lowest BCUT2D eigenvalue weighted by molar-refractivity contribution is -0.143. The van der Waals surface area contributed by atoms with Crippen LogP contribution in [-0.2, 0) is 38.2 Å². The number of carboxylic acids is 2. The van der Waals surface area contributed by atoms with Gasteiger partial charge in [0.2, 0.25) is 23.6 Å². The maximum Gasteiger partial charge on any atom is 0.326 e. The average molecular weight is 630 g/mol. The highest BCUT2D eigenvalue weighted by molar-refractivity contribution is 5.89. The van der Waals surface area contributed by atoms with Crippen molar-refractivity contribution in [1.82, 2.24) is 26.6 Å². The first-order valence-electron chi connectivity index (χ1n) is 15.5. The zero-order valence-corrected chi connectivity index (χ0v) is 26.0. The van der Waals surface area contributed by atoms with Crippen LogP contribution in [0.5, 0.6) is 0 Å². The van der Waals surface area contributed by atoms with Crippen LogP contribution in [0.1, 0.15) is 71.1 Å². The van der Waals surface area contributed by atoms with Crippen LogP contribution in [0.4, 0.5) is 0 Å². The van der Waals surface area contributed by atoms with Crippen molar-refractivity contribution in [2.75, 3.05) is 53.1 Å². The molecule has 0 saturated heterocycles. The molecule has 0 bridgehead atoms. The summed E-state index contributed by atoms with van der Waals surface area (Å²) in [6.45, 7) is 4.99. The Bertz CT molecular complexity index is 911. The van der Waals surface area contributed by atoms with Crippen LogP contribution < -0.4 is 26.6 Å². The summed E-state index contributed by atoms with van der Waals surface area (Å²) in [5.74, 6) is -4.21. The highest BCUT2D eigenvalue weighted by Gasteiger charge is 2.30. The van der Waals surface area contributed by atoms with Crippen molar-refractivity contribution in [3.63, 3.8) is 0 Å². The first-order chi connectivity index (χ1) is 21.1. The number of hydrogen-bond acceptors (Lipinski definition) is 9. The third-order valence-electron chi connectivity index (χ3n) is 7.20. The molecule has 0 spiro atoms. The summed E-state index contributed by atoms with van der Waals surface area (Å²) >= 11 is 0. The molecular formula is C29H51N5O10. The Labute approximate surface area is 258 Å². The van der Waals surface area contributed by atoms with Gasteiger partial charge in [0.05, 0.1) is 19.8 Å². The number of carboxylic acid groups (broad SMARTS) is 2. The molecule has 15 nitrogen and oxygen atoms in total. The van der Waals surface area contributed by atoms with Crippen LogP contribution in [0.15, 0.2) is 0 Å². The summed E-state index contributed by atoms with van der Waals surface area (Å²) in [5.41, 5.74) is 0. The molecule has 252 valence electrons. The molecule has 15 heteroatoms. The molecule has 1 saturated carbocycles. The molecule has 2 unspecified atom stereocenters. The van der Waals surface area contributed by atoms with Crippen LogP contribution in [-0.4, -0.2) is 111 Å². The smallest absolute Gasteiger partial charge is 0.326 e. The van der Waals surface area contributed by atoms with Crippen LogP contribution >= 0.6 is 0 Å². The lowest BCUT2D eigenvalue weighted by atomic mass is 9.81. The molecule has 4 amide bonds. The molecule has 1 fully saturated rings. The molecule has 0 radical (unpaired) electrons. The highest BCUT2D eigenvalue weighted by atomic mass is 16.5. The van der Waals surface area contributed by atoms with Gasteiger partial charge in [-0.05, 0) is 64.3 Å². The Morgan fingerprint density at radius 2 is 1.45 bits per heavy atom. The minimum atomic E-state index is -1.30. The normalized spacial score (nSPS) is 17.6. The van der Waals surface area contributed by atoms with E-state index in [9.17, 15) is 33.9 Å². The third-order valence-corrected chi connectivity index (χ3v) is 7.20. The number of aliphatic carboxylic acids is 2. The van der Waals surface area contributed by atoms with E-state index in [1.807, 2.05) is 6.92 Å². The van der Waals surface area contributed by atoms with E-state index in [1.165, 1.54) is 0 Å².